The Labute approximate surface area is 119 Å². The normalized spacial score (nSPS) is 33.0. The van der Waals surface area contributed by atoms with Gasteiger partial charge in [0.15, 0.2) is 19.7 Å². The van der Waals surface area contributed by atoms with E-state index in [-0.39, 0.29) is 41.4 Å². The SMILES string of the molecule is CNC1CS(=O)(=O)CCN(CC2CCS(=O)(=O)C2)C1=O. The van der Waals surface area contributed by atoms with Crippen LogP contribution in [0.5, 0.6) is 0 Å². The third-order valence-corrected chi connectivity index (χ3v) is 7.34. The number of sulfone groups is 2. The van der Waals surface area contributed by atoms with Crippen molar-refractivity contribution in [2.75, 3.05) is 43.1 Å². The van der Waals surface area contributed by atoms with Crippen LogP contribution in [0.15, 0.2) is 0 Å². The molecule has 2 fully saturated rings. The van der Waals surface area contributed by atoms with Crippen LogP contribution in [0.3, 0.4) is 0 Å². The summed E-state index contributed by atoms with van der Waals surface area (Å²) in [5, 5.41) is 2.73. The third kappa shape index (κ3) is 3.70. The Morgan fingerprint density at radius 2 is 1.80 bits per heavy atom. The van der Waals surface area contributed by atoms with Gasteiger partial charge in [0.05, 0.1) is 23.0 Å². The van der Waals surface area contributed by atoms with Gasteiger partial charge in [0, 0.05) is 13.1 Å². The van der Waals surface area contributed by atoms with E-state index in [1.54, 1.807) is 7.05 Å². The number of amides is 1. The largest absolute Gasteiger partial charge is 0.340 e. The molecule has 0 bridgehead atoms. The molecular formula is C11H20N2O5S2. The lowest BCUT2D eigenvalue weighted by atomic mass is 10.1. The number of nitrogens with one attached hydrogen (secondary N) is 1. The molecular weight excluding hydrogens is 304 g/mol. The second-order valence-electron chi connectivity index (χ2n) is 5.51. The maximum atomic E-state index is 12.3. The standard InChI is InChI=1S/C11H20N2O5S2/c1-12-10-8-20(17,18)5-3-13(11(10)14)6-9-2-4-19(15,16)7-9/h9-10,12H,2-8H2,1H3. The number of carbonyl (C=O) groups is 1. The van der Waals surface area contributed by atoms with Crippen LogP contribution in [0.25, 0.3) is 0 Å². The van der Waals surface area contributed by atoms with Gasteiger partial charge >= 0.3 is 0 Å². The Morgan fingerprint density at radius 1 is 1.15 bits per heavy atom. The summed E-state index contributed by atoms with van der Waals surface area (Å²) in [6, 6.07) is -0.736. The van der Waals surface area contributed by atoms with Crippen LogP contribution >= 0.6 is 0 Å². The summed E-state index contributed by atoms with van der Waals surface area (Å²) in [4.78, 5) is 13.8. The Kier molecular flexibility index (Phi) is 4.41. The van der Waals surface area contributed by atoms with Crippen LogP contribution in [0, 0.1) is 5.92 Å². The zero-order chi connectivity index (χ0) is 15.0. The highest BCUT2D eigenvalue weighted by atomic mass is 32.2. The van der Waals surface area contributed by atoms with Gasteiger partial charge < -0.3 is 10.2 Å². The van der Waals surface area contributed by atoms with Crippen molar-refractivity contribution in [1.29, 1.82) is 0 Å². The molecule has 2 heterocycles. The summed E-state index contributed by atoms with van der Waals surface area (Å²) >= 11 is 0. The van der Waals surface area contributed by atoms with Crippen molar-refractivity contribution in [3.05, 3.63) is 0 Å². The molecule has 2 rings (SSSR count). The second-order valence-corrected chi connectivity index (χ2v) is 9.97. The Balaban J connectivity index is 2.09. The molecule has 0 aromatic rings. The lowest BCUT2D eigenvalue weighted by Crippen LogP contribution is -2.47. The average molecular weight is 324 g/mol. The topological polar surface area (TPSA) is 101 Å². The van der Waals surface area contributed by atoms with E-state index in [4.69, 9.17) is 0 Å². The van der Waals surface area contributed by atoms with Crippen molar-refractivity contribution >= 4 is 25.6 Å². The molecule has 2 unspecified atom stereocenters. The third-order valence-electron chi connectivity index (χ3n) is 3.86. The lowest BCUT2D eigenvalue weighted by Gasteiger charge is -2.25. The summed E-state index contributed by atoms with van der Waals surface area (Å²) in [5.41, 5.74) is 0. The van der Waals surface area contributed by atoms with Crippen LogP contribution < -0.4 is 5.32 Å². The molecule has 2 aliphatic rings. The maximum absolute atomic E-state index is 12.3. The van der Waals surface area contributed by atoms with E-state index >= 15 is 0 Å². The molecule has 9 heteroatoms. The zero-order valence-electron chi connectivity index (χ0n) is 11.4. The first kappa shape index (κ1) is 15.7. The van der Waals surface area contributed by atoms with Crippen LogP contribution in [0.4, 0.5) is 0 Å². The van der Waals surface area contributed by atoms with Crippen molar-refractivity contribution in [2.24, 2.45) is 5.92 Å². The molecule has 2 saturated heterocycles. The van der Waals surface area contributed by atoms with E-state index in [2.05, 4.69) is 5.32 Å². The van der Waals surface area contributed by atoms with E-state index in [9.17, 15) is 21.6 Å². The van der Waals surface area contributed by atoms with Crippen molar-refractivity contribution in [2.45, 2.75) is 12.5 Å². The second kappa shape index (κ2) is 5.61. The van der Waals surface area contributed by atoms with Crippen LogP contribution in [-0.4, -0.2) is 76.8 Å². The van der Waals surface area contributed by atoms with E-state index < -0.39 is 25.7 Å². The number of hydrogen-bond donors (Lipinski definition) is 1. The monoisotopic (exact) mass is 324 g/mol. The molecule has 0 aliphatic carbocycles. The molecule has 7 nitrogen and oxygen atoms in total. The minimum absolute atomic E-state index is 0.0591. The maximum Gasteiger partial charge on any atom is 0.240 e. The fourth-order valence-electron chi connectivity index (χ4n) is 2.70. The van der Waals surface area contributed by atoms with Gasteiger partial charge in [-0.25, -0.2) is 16.8 Å². The van der Waals surface area contributed by atoms with Gasteiger partial charge in [-0.2, -0.15) is 0 Å². The van der Waals surface area contributed by atoms with E-state index in [0.717, 1.165) is 0 Å². The zero-order valence-corrected chi connectivity index (χ0v) is 13.0. The highest BCUT2D eigenvalue weighted by Gasteiger charge is 2.36. The predicted octanol–water partition coefficient (Wildman–Crippen LogP) is -1.73. The molecule has 0 aromatic carbocycles. The molecule has 2 atom stereocenters. The van der Waals surface area contributed by atoms with Crippen LogP contribution in [-0.2, 0) is 24.5 Å². The minimum Gasteiger partial charge on any atom is -0.340 e. The quantitative estimate of drug-likeness (QED) is 0.662. The van der Waals surface area contributed by atoms with Crippen LogP contribution in [0.1, 0.15) is 6.42 Å². The molecule has 0 radical (unpaired) electrons. The first-order valence-electron chi connectivity index (χ1n) is 6.59. The first-order valence-corrected chi connectivity index (χ1v) is 10.2. The number of likely N-dealkylation sites (N-methyl/N-ethyl adjacent to an activating group) is 1. The molecule has 116 valence electrons. The van der Waals surface area contributed by atoms with E-state index in [0.29, 0.717) is 13.0 Å². The van der Waals surface area contributed by atoms with Crippen molar-refractivity contribution in [1.82, 2.24) is 10.2 Å². The molecule has 0 aromatic heterocycles. The molecule has 0 spiro atoms. The Morgan fingerprint density at radius 3 is 2.35 bits per heavy atom. The molecule has 2 aliphatic heterocycles. The van der Waals surface area contributed by atoms with E-state index in [1.165, 1.54) is 4.90 Å². The minimum atomic E-state index is -3.25. The van der Waals surface area contributed by atoms with Crippen LogP contribution in [0.2, 0.25) is 0 Å². The van der Waals surface area contributed by atoms with Gasteiger partial charge in [0.25, 0.3) is 0 Å². The number of nitrogens with zero attached hydrogens (tertiary/aromatic N) is 1. The summed E-state index contributed by atoms with van der Waals surface area (Å²) in [6.07, 6.45) is 0.545. The summed E-state index contributed by atoms with van der Waals surface area (Å²) < 4.78 is 46.4. The van der Waals surface area contributed by atoms with Crippen molar-refractivity contribution in [3.8, 4) is 0 Å². The average Bonchev–Trinajstić information content (AvgIpc) is 2.64. The number of carbonyl (C=O) groups excluding carboxylic acids is 1. The molecule has 1 N–H and O–H groups in total. The predicted molar refractivity (Wildman–Crippen MR) is 74.8 cm³/mol. The fraction of sp³-hybridized carbons (Fsp3) is 0.909. The molecule has 0 saturated carbocycles. The van der Waals surface area contributed by atoms with Gasteiger partial charge in [-0.1, -0.05) is 0 Å². The van der Waals surface area contributed by atoms with Gasteiger partial charge in [0.1, 0.15) is 6.04 Å². The van der Waals surface area contributed by atoms with Crippen molar-refractivity contribution in [3.63, 3.8) is 0 Å². The number of rotatable bonds is 3. The smallest absolute Gasteiger partial charge is 0.240 e. The summed E-state index contributed by atoms with van der Waals surface area (Å²) in [7, 11) is -4.68. The molecule has 20 heavy (non-hydrogen) atoms. The fourth-order valence-corrected chi connectivity index (χ4v) is 6.04. The van der Waals surface area contributed by atoms with Gasteiger partial charge in [0.2, 0.25) is 5.91 Å². The number of hydrogen-bond acceptors (Lipinski definition) is 6. The van der Waals surface area contributed by atoms with Gasteiger partial charge in [-0.15, -0.1) is 0 Å². The summed E-state index contributed by atoms with van der Waals surface area (Å²) in [6.45, 7) is 0.474. The highest BCUT2D eigenvalue weighted by Crippen LogP contribution is 2.20. The van der Waals surface area contributed by atoms with Gasteiger partial charge in [-0.3, -0.25) is 4.79 Å². The lowest BCUT2D eigenvalue weighted by molar-refractivity contribution is -0.132. The Bertz CT molecular complexity index is 584. The summed E-state index contributed by atoms with van der Waals surface area (Å²) in [5.74, 6) is -0.334. The molecule has 1 amide bonds. The van der Waals surface area contributed by atoms with E-state index in [1.807, 2.05) is 0 Å². The highest BCUT2D eigenvalue weighted by molar-refractivity contribution is 7.91. The van der Waals surface area contributed by atoms with Gasteiger partial charge in [-0.05, 0) is 19.4 Å². The first-order chi connectivity index (χ1) is 9.22. The Hall–Kier alpha value is -0.670. The van der Waals surface area contributed by atoms with Crippen molar-refractivity contribution < 1.29 is 21.6 Å².